The van der Waals surface area contributed by atoms with Gasteiger partial charge in [0.1, 0.15) is 5.82 Å². The normalized spacial score (nSPS) is 16.0. The van der Waals surface area contributed by atoms with Crippen LogP contribution in [0.25, 0.3) is 0 Å². The van der Waals surface area contributed by atoms with E-state index in [2.05, 4.69) is 4.98 Å². The van der Waals surface area contributed by atoms with Gasteiger partial charge in [0.15, 0.2) is 0 Å². The molecule has 1 aromatic heterocycles. The summed E-state index contributed by atoms with van der Waals surface area (Å²) in [5.41, 5.74) is 13.2. The molecular formula is C14H16FN3. The average Bonchev–Trinajstić information content (AvgIpc) is 2.39. The van der Waals surface area contributed by atoms with E-state index in [9.17, 15) is 4.39 Å². The van der Waals surface area contributed by atoms with Crippen molar-refractivity contribution in [2.75, 3.05) is 0 Å². The number of pyridine rings is 1. The summed E-state index contributed by atoms with van der Waals surface area (Å²) in [6, 6.07) is 9.44. The van der Waals surface area contributed by atoms with E-state index in [1.807, 2.05) is 19.1 Å². The van der Waals surface area contributed by atoms with Crippen molar-refractivity contribution < 1.29 is 4.39 Å². The zero-order chi connectivity index (χ0) is 13.2. The molecule has 1 heterocycles. The second-order valence-corrected chi connectivity index (χ2v) is 4.41. The van der Waals surface area contributed by atoms with Gasteiger partial charge in [0.25, 0.3) is 0 Å². The van der Waals surface area contributed by atoms with Crippen molar-refractivity contribution in [3.63, 3.8) is 0 Å². The summed E-state index contributed by atoms with van der Waals surface area (Å²) >= 11 is 0. The molecule has 0 bridgehead atoms. The van der Waals surface area contributed by atoms with E-state index in [-0.39, 0.29) is 11.9 Å². The number of halogens is 1. The summed E-state index contributed by atoms with van der Waals surface area (Å²) in [7, 11) is 0. The molecule has 2 rings (SSSR count). The van der Waals surface area contributed by atoms with Crippen LogP contribution < -0.4 is 11.5 Å². The molecule has 0 unspecified atom stereocenters. The predicted molar refractivity (Wildman–Crippen MR) is 69.3 cm³/mol. The van der Waals surface area contributed by atoms with Crippen molar-refractivity contribution in [3.05, 3.63) is 65.7 Å². The van der Waals surface area contributed by atoms with Crippen molar-refractivity contribution in [3.8, 4) is 0 Å². The molecule has 2 atom stereocenters. The number of nitrogens with two attached hydrogens (primary N) is 2. The van der Waals surface area contributed by atoms with Crippen LogP contribution in [0, 0.1) is 5.82 Å². The SMILES string of the molecule is C[C@H](N)[C@](N)(c1ccc(F)cc1)c1cccnc1. The van der Waals surface area contributed by atoms with Crippen LogP contribution in [0.5, 0.6) is 0 Å². The van der Waals surface area contributed by atoms with Gasteiger partial charge in [0.2, 0.25) is 0 Å². The molecule has 0 saturated heterocycles. The van der Waals surface area contributed by atoms with Crippen LogP contribution in [0.2, 0.25) is 0 Å². The van der Waals surface area contributed by atoms with Gasteiger partial charge in [-0.15, -0.1) is 0 Å². The first-order valence-corrected chi connectivity index (χ1v) is 5.76. The first kappa shape index (κ1) is 12.7. The molecule has 0 fully saturated rings. The quantitative estimate of drug-likeness (QED) is 0.866. The fourth-order valence-electron chi connectivity index (χ4n) is 2.03. The van der Waals surface area contributed by atoms with E-state index in [0.717, 1.165) is 11.1 Å². The minimum atomic E-state index is -0.873. The van der Waals surface area contributed by atoms with Crippen molar-refractivity contribution in [1.29, 1.82) is 0 Å². The summed E-state index contributed by atoms with van der Waals surface area (Å²) in [6.45, 7) is 1.83. The standard InChI is InChI=1S/C14H16FN3/c1-10(16)14(17,12-3-2-8-18-9-12)11-4-6-13(15)7-5-11/h2-10H,16-17H2,1H3/t10-,14-/m0/s1. The highest BCUT2D eigenvalue weighted by Crippen LogP contribution is 2.29. The maximum Gasteiger partial charge on any atom is 0.123 e. The molecule has 18 heavy (non-hydrogen) atoms. The number of nitrogens with zero attached hydrogens (tertiary/aromatic N) is 1. The Morgan fingerprint density at radius 3 is 2.33 bits per heavy atom. The highest BCUT2D eigenvalue weighted by Gasteiger charge is 2.33. The fraction of sp³-hybridized carbons (Fsp3) is 0.214. The topological polar surface area (TPSA) is 64.9 Å². The third kappa shape index (κ3) is 2.12. The van der Waals surface area contributed by atoms with Gasteiger partial charge in [-0.25, -0.2) is 4.39 Å². The van der Waals surface area contributed by atoms with Crippen LogP contribution in [0.1, 0.15) is 18.1 Å². The Kier molecular flexibility index (Phi) is 3.41. The third-order valence-electron chi connectivity index (χ3n) is 3.18. The zero-order valence-electron chi connectivity index (χ0n) is 10.2. The van der Waals surface area contributed by atoms with Gasteiger partial charge in [-0.05, 0) is 36.2 Å². The van der Waals surface area contributed by atoms with Gasteiger partial charge in [0, 0.05) is 18.4 Å². The van der Waals surface area contributed by atoms with Gasteiger partial charge >= 0.3 is 0 Å². The van der Waals surface area contributed by atoms with Crippen molar-refractivity contribution >= 4 is 0 Å². The van der Waals surface area contributed by atoms with E-state index < -0.39 is 5.54 Å². The van der Waals surface area contributed by atoms with Crippen molar-refractivity contribution in [2.24, 2.45) is 11.5 Å². The maximum absolute atomic E-state index is 13.0. The van der Waals surface area contributed by atoms with E-state index in [0.29, 0.717) is 0 Å². The fourth-order valence-corrected chi connectivity index (χ4v) is 2.03. The first-order valence-electron chi connectivity index (χ1n) is 5.76. The molecule has 0 spiro atoms. The van der Waals surface area contributed by atoms with Crippen LogP contribution in [0.15, 0.2) is 48.8 Å². The third-order valence-corrected chi connectivity index (χ3v) is 3.18. The molecule has 1 aromatic carbocycles. The number of hydrogen-bond donors (Lipinski definition) is 2. The second kappa shape index (κ2) is 4.84. The number of hydrogen-bond acceptors (Lipinski definition) is 3. The maximum atomic E-state index is 13.0. The molecule has 3 nitrogen and oxygen atoms in total. The van der Waals surface area contributed by atoms with Crippen LogP contribution in [0.3, 0.4) is 0 Å². The Morgan fingerprint density at radius 2 is 1.83 bits per heavy atom. The molecule has 0 amide bonds. The lowest BCUT2D eigenvalue weighted by Crippen LogP contribution is -2.51. The Hall–Kier alpha value is -1.78. The highest BCUT2D eigenvalue weighted by molar-refractivity contribution is 5.38. The lowest BCUT2D eigenvalue weighted by molar-refractivity contribution is 0.443. The Balaban J connectivity index is 2.54. The lowest BCUT2D eigenvalue weighted by Gasteiger charge is -2.34. The largest absolute Gasteiger partial charge is 0.326 e. The lowest BCUT2D eigenvalue weighted by atomic mass is 9.79. The van der Waals surface area contributed by atoms with E-state index in [1.165, 1.54) is 12.1 Å². The smallest absolute Gasteiger partial charge is 0.123 e. The van der Waals surface area contributed by atoms with Crippen LogP contribution in [-0.2, 0) is 5.54 Å². The number of aromatic nitrogens is 1. The number of benzene rings is 1. The molecule has 4 N–H and O–H groups in total. The molecule has 0 aliphatic carbocycles. The van der Waals surface area contributed by atoms with Gasteiger partial charge in [-0.3, -0.25) is 4.98 Å². The van der Waals surface area contributed by atoms with E-state index in [4.69, 9.17) is 11.5 Å². The monoisotopic (exact) mass is 245 g/mol. The summed E-state index contributed by atoms with van der Waals surface area (Å²) in [6.07, 6.45) is 3.36. The van der Waals surface area contributed by atoms with Gasteiger partial charge < -0.3 is 11.5 Å². The van der Waals surface area contributed by atoms with Gasteiger partial charge in [-0.2, -0.15) is 0 Å². The zero-order valence-corrected chi connectivity index (χ0v) is 10.2. The molecule has 4 heteroatoms. The predicted octanol–water partition coefficient (Wildman–Crippen LogP) is 1.77. The minimum absolute atomic E-state index is 0.294. The van der Waals surface area contributed by atoms with Crippen molar-refractivity contribution in [2.45, 2.75) is 18.5 Å². The first-order chi connectivity index (χ1) is 8.55. The summed E-state index contributed by atoms with van der Waals surface area (Å²) < 4.78 is 13.0. The average molecular weight is 245 g/mol. The van der Waals surface area contributed by atoms with Crippen LogP contribution in [-0.4, -0.2) is 11.0 Å². The summed E-state index contributed by atoms with van der Waals surface area (Å²) in [4.78, 5) is 4.07. The Morgan fingerprint density at radius 1 is 1.17 bits per heavy atom. The molecular weight excluding hydrogens is 229 g/mol. The van der Waals surface area contributed by atoms with E-state index in [1.54, 1.807) is 24.5 Å². The summed E-state index contributed by atoms with van der Waals surface area (Å²) in [5, 5.41) is 0. The molecule has 0 aliphatic rings. The molecule has 2 aromatic rings. The molecule has 0 aliphatic heterocycles. The van der Waals surface area contributed by atoms with Gasteiger partial charge in [-0.1, -0.05) is 18.2 Å². The molecule has 0 radical (unpaired) electrons. The van der Waals surface area contributed by atoms with Crippen molar-refractivity contribution in [1.82, 2.24) is 4.98 Å². The highest BCUT2D eigenvalue weighted by atomic mass is 19.1. The van der Waals surface area contributed by atoms with Crippen LogP contribution in [0.4, 0.5) is 4.39 Å². The molecule has 94 valence electrons. The summed E-state index contributed by atoms with van der Waals surface area (Å²) in [5.74, 6) is -0.294. The van der Waals surface area contributed by atoms with E-state index >= 15 is 0 Å². The minimum Gasteiger partial charge on any atom is -0.326 e. The van der Waals surface area contributed by atoms with Gasteiger partial charge in [0.05, 0.1) is 5.54 Å². The Labute approximate surface area is 106 Å². The Bertz CT molecular complexity index is 510. The molecule has 0 saturated carbocycles. The van der Waals surface area contributed by atoms with Crippen LogP contribution >= 0.6 is 0 Å². The second-order valence-electron chi connectivity index (χ2n) is 4.41. The number of rotatable bonds is 3.